The Labute approximate surface area is 108 Å². The van der Waals surface area contributed by atoms with Gasteiger partial charge in [-0.25, -0.2) is 0 Å². The summed E-state index contributed by atoms with van der Waals surface area (Å²) >= 11 is 3.49. The molecule has 0 heterocycles. The Balaban J connectivity index is 2.46. The third-order valence-electron chi connectivity index (χ3n) is 2.83. The molecular weight excluding hydrogens is 262 g/mol. The van der Waals surface area contributed by atoms with E-state index < -0.39 is 0 Å². The van der Waals surface area contributed by atoms with Gasteiger partial charge in [0.25, 0.3) is 0 Å². The first kappa shape index (κ1) is 13.6. The van der Waals surface area contributed by atoms with Crippen LogP contribution in [0.3, 0.4) is 0 Å². The van der Waals surface area contributed by atoms with Crippen molar-refractivity contribution in [3.63, 3.8) is 0 Å². The molecule has 0 radical (unpaired) electrons. The number of unbranched alkanes of at least 4 members (excludes halogenated alkanes) is 2. The van der Waals surface area contributed by atoms with E-state index in [1.807, 2.05) is 0 Å². The third kappa shape index (κ3) is 4.56. The summed E-state index contributed by atoms with van der Waals surface area (Å²) in [6, 6.07) is 6.96. The number of hydrogen-bond donors (Lipinski definition) is 1. The van der Waals surface area contributed by atoms with Gasteiger partial charge in [0, 0.05) is 16.2 Å². The molecule has 0 spiro atoms. The maximum Gasteiger partial charge on any atom is 0.0372 e. The number of halogens is 1. The van der Waals surface area contributed by atoms with Crippen LogP contribution in [0.15, 0.2) is 22.7 Å². The molecule has 2 heteroatoms. The smallest absolute Gasteiger partial charge is 0.0372 e. The summed E-state index contributed by atoms with van der Waals surface area (Å²) in [5.74, 6) is 0. The molecular formula is C14H22BrN. The summed E-state index contributed by atoms with van der Waals surface area (Å²) in [7, 11) is 0. The van der Waals surface area contributed by atoms with Crippen LogP contribution in [-0.4, -0.2) is 6.04 Å². The SMILES string of the molecule is CCCCCC(C)Nc1ccc(Br)cc1C. The van der Waals surface area contributed by atoms with Gasteiger partial charge in [-0.3, -0.25) is 0 Å². The van der Waals surface area contributed by atoms with Crippen molar-refractivity contribution in [1.82, 2.24) is 0 Å². The predicted octanol–water partition coefficient (Wildman–Crippen LogP) is 5.14. The maximum atomic E-state index is 3.58. The van der Waals surface area contributed by atoms with Crippen molar-refractivity contribution in [2.24, 2.45) is 0 Å². The van der Waals surface area contributed by atoms with Gasteiger partial charge in [-0.2, -0.15) is 0 Å². The van der Waals surface area contributed by atoms with Gasteiger partial charge in [0.15, 0.2) is 0 Å². The van der Waals surface area contributed by atoms with E-state index in [2.05, 4.69) is 60.2 Å². The van der Waals surface area contributed by atoms with Gasteiger partial charge in [0.2, 0.25) is 0 Å². The molecule has 1 aromatic carbocycles. The van der Waals surface area contributed by atoms with E-state index in [0.717, 1.165) is 4.47 Å². The minimum atomic E-state index is 0.562. The van der Waals surface area contributed by atoms with Crippen LogP contribution in [0, 0.1) is 6.92 Å². The maximum absolute atomic E-state index is 3.58. The van der Waals surface area contributed by atoms with Crippen LogP contribution in [0.4, 0.5) is 5.69 Å². The lowest BCUT2D eigenvalue weighted by atomic mass is 10.1. The Morgan fingerprint density at radius 1 is 1.31 bits per heavy atom. The van der Waals surface area contributed by atoms with Gasteiger partial charge in [-0.15, -0.1) is 0 Å². The van der Waals surface area contributed by atoms with E-state index in [1.54, 1.807) is 0 Å². The zero-order valence-corrected chi connectivity index (χ0v) is 12.1. The lowest BCUT2D eigenvalue weighted by Crippen LogP contribution is -2.15. The van der Waals surface area contributed by atoms with Crippen LogP contribution in [0.2, 0.25) is 0 Å². The van der Waals surface area contributed by atoms with Crippen molar-refractivity contribution >= 4 is 21.6 Å². The summed E-state index contributed by atoms with van der Waals surface area (Å²) in [6.45, 7) is 6.65. The van der Waals surface area contributed by atoms with Gasteiger partial charge < -0.3 is 5.32 Å². The standard InChI is InChI=1S/C14H22BrN/c1-4-5-6-7-12(3)16-14-9-8-13(15)10-11(14)2/h8-10,12,16H,4-7H2,1-3H3. The highest BCUT2D eigenvalue weighted by molar-refractivity contribution is 9.10. The number of anilines is 1. The molecule has 1 unspecified atom stereocenters. The molecule has 1 atom stereocenters. The number of benzene rings is 1. The van der Waals surface area contributed by atoms with E-state index in [1.165, 1.54) is 36.9 Å². The lowest BCUT2D eigenvalue weighted by Gasteiger charge is -2.17. The zero-order valence-electron chi connectivity index (χ0n) is 10.5. The lowest BCUT2D eigenvalue weighted by molar-refractivity contribution is 0.615. The molecule has 16 heavy (non-hydrogen) atoms. The summed E-state index contributed by atoms with van der Waals surface area (Å²) in [6.07, 6.45) is 5.21. The van der Waals surface area contributed by atoms with Gasteiger partial charge >= 0.3 is 0 Å². The van der Waals surface area contributed by atoms with Crippen LogP contribution in [0.1, 0.15) is 45.1 Å². The van der Waals surface area contributed by atoms with Crippen molar-refractivity contribution in [2.45, 2.75) is 52.5 Å². The Hall–Kier alpha value is -0.500. The number of aryl methyl sites for hydroxylation is 1. The van der Waals surface area contributed by atoms with Crippen LogP contribution in [0.5, 0.6) is 0 Å². The quantitative estimate of drug-likeness (QED) is 0.713. The molecule has 0 fully saturated rings. The predicted molar refractivity (Wildman–Crippen MR) is 76.1 cm³/mol. The molecule has 0 aliphatic heterocycles. The second-order valence-electron chi connectivity index (χ2n) is 4.50. The van der Waals surface area contributed by atoms with Gasteiger partial charge in [-0.1, -0.05) is 42.1 Å². The first-order chi connectivity index (χ1) is 7.63. The van der Waals surface area contributed by atoms with Crippen molar-refractivity contribution in [2.75, 3.05) is 5.32 Å². The molecule has 0 bridgehead atoms. The highest BCUT2D eigenvalue weighted by Gasteiger charge is 2.04. The van der Waals surface area contributed by atoms with Gasteiger partial charge in [0.1, 0.15) is 0 Å². The molecule has 0 aliphatic carbocycles. The fourth-order valence-electron chi connectivity index (χ4n) is 1.83. The number of hydrogen-bond acceptors (Lipinski definition) is 1. The van der Waals surface area contributed by atoms with E-state index in [-0.39, 0.29) is 0 Å². The van der Waals surface area contributed by atoms with Gasteiger partial charge in [-0.05, 0) is 44.0 Å². The Kier molecular flexibility index (Phi) is 5.89. The normalized spacial score (nSPS) is 12.5. The zero-order chi connectivity index (χ0) is 12.0. The van der Waals surface area contributed by atoms with E-state index in [4.69, 9.17) is 0 Å². The first-order valence-electron chi connectivity index (χ1n) is 6.16. The molecule has 90 valence electrons. The van der Waals surface area contributed by atoms with Crippen molar-refractivity contribution in [3.05, 3.63) is 28.2 Å². The average Bonchev–Trinajstić information content (AvgIpc) is 2.23. The third-order valence-corrected chi connectivity index (χ3v) is 3.32. The number of rotatable bonds is 6. The number of nitrogens with one attached hydrogen (secondary N) is 1. The van der Waals surface area contributed by atoms with E-state index >= 15 is 0 Å². The Morgan fingerprint density at radius 2 is 2.06 bits per heavy atom. The van der Waals surface area contributed by atoms with Crippen LogP contribution in [-0.2, 0) is 0 Å². The second kappa shape index (κ2) is 6.95. The molecule has 1 N–H and O–H groups in total. The highest BCUT2D eigenvalue weighted by atomic mass is 79.9. The monoisotopic (exact) mass is 283 g/mol. The molecule has 0 saturated carbocycles. The summed E-state index contributed by atoms with van der Waals surface area (Å²) in [4.78, 5) is 0. The first-order valence-corrected chi connectivity index (χ1v) is 6.95. The van der Waals surface area contributed by atoms with Crippen molar-refractivity contribution in [1.29, 1.82) is 0 Å². The molecule has 1 nitrogen and oxygen atoms in total. The molecule has 0 saturated heterocycles. The molecule has 0 aliphatic rings. The minimum absolute atomic E-state index is 0.562. The molecule has 0 amide bonds. The van der Waals surface area contributed by atoms with E-state index in [0.29, 0.717) is 6.04 Å². The fraction of sp³-hybridized carbons (Fsp3) is 0.571. The summed E-state index contributed by atoms with van der Waals surface area (Å²) in [5, 5.41) is 3.58. The molecule has 1 aromatic rings. The molecule has 0 aromatic heterocycles. The van der Waals surface area contributed by atoms with Crippen LogP contribution >= 0.6 is 15.9 Å². The summed E-state index contributed by atoms with van der Waals surface area (Å²) in [5.41, 5.74) is 2.56. The topological polar surface area (TPSA) is 12.0 Å². The average molecular weight is 284 g/mol. The largest absolute Gasteiger partial charge is 0.382 e. The minimum Gasteiger partial charge on any atom is -0.382 e. The molecule has 1 rings (SSSR count). The van der Waals surface area contributed by atoms with Crippen molar-refractivity contribution < 1.29 is 0 Å². The van der Waals surface area contributed by atoms with E-state index in [9.17, 15) is 0 Å². The Bertz CT molecular complexity index is 323. The Morgan fingerprint density at radius 3 is 2.69 bits per heavy atom. The summed E-state index contributed by atoms with van der Waals surface area (Å²) < 4.78 is 1.15. The van der Waals surface area contributed by atoms with Gasteiger partial charge in [0.05, 0.1) is 0 Å². The highest BCUT2D eigenvalue weighted by Crippen LogP contribution is 2.21. The van der Waals surface area contributed by atoms with Crippen LogP contribution in [0.25, 0.3) is 0 Å². The van der Waals surface area contributed by atoms with Crippen molar-refractivity contribution in [3.8, 4) is 0 Å². The fourth-order valence-corrected chi connectivity index (χ4v) is 2.30. The van der Waals surface area contributed by atoms with Crippen LogP contribution < -0.4 is 5.32 Å². The second-order valence-corrected chi connectivity index (χ2v) is 5.42.